The second-order valence-electron chi connectivity index (χ2n) is 22.8. The van der Waals surface area contributed by atoms with Crippen molar-refractivity contribution in [1.29, 1.82) is 0 Å². The van der Waals surface area contributed by atoms with Crippen molar-refractivity contribution >= 4 is 11.9 Å². The number of aliphatic hydroxyl groups is 2. The fourth-order valence-corrected chi connectivity index (χ4v) is 10.2. The summed E-state index contributed by atoms with van der Waals surface area (Å²) in [6.45, 7) is 4.88. The highest BCUT2D eigenvalue weighted by Crippen LogP contribution is 2.17. The molecule has 1 amide bonds. The third-order valence-corrected chi connectivity index (χ3v) is 15.3. The van der Waals surface area contributed by atoms with Gasteiger partial charge >= 0.3 is 5.97 Å². The summed E-state index contributed by atoms with van der Waals surface area (Å²) in [6.07, 6.45) is 83.2. The average molecular weight is 1050 g/mol. The summed E-state index contributed by atoms with van der Waals surface area (Å²) in [4.78, 5) is 24.5. The molecule has 0 saturated carbocycles. The molecule has 2 unspecified atom stereocenters. The predicted octanol–water partition coefficient (Wildman–Crippen LogP) is 21.3. The van der Waals surface area contributed by atoms with Crippen LogP contribution in [0.1, 0.15) is 354 Å². The summed E-state index contributed by atoms with van der Waals surface area (Å²) in [6, 6.07) is -0.630. The molecule has 6 nitrogen and oxygen atoms in total. The SMILES string of the molecule is CCCC/C=C\CCCCCCCC(=O)OCCCCCCCCCCC/C=C\C/C=C\CCCCCCCCCCCCCCCC(=O)NC(CO)C(O)/C=C/CCCCCCCCCCCCCCCCCC. The van der Waals surface area contributed by atoms with Gasteiger partial charge in [0.05, 0.1) is 25.4 Å². The third kappa shape index (κ3) is 60.9. The summed E-state index contributed by atoms with van der Waals surface area (Å²) in [5, 5.41) is 23.2. The first kappa shape index (κ1) is 72.8. The molecule has 0 aliphatic heterocycles. The Morgan fingerprint density at radius 2 is 0.680 bits per heavy atom. The maximum atomic E-state index is 12.5. The number of carbonyl (C=O) groups is 2. The first-order valence-corrected chi connectivity index (χ1v) is 33.4. The van der Waals surface area contributed by atoms with Crippen molar-refractivity contribution in [3.8, 4) is 0 Å². The van der Waals surface area contributed by atoms with Gasteiger partial charge in [-0.3, -0.25) is 9.59 Å². The fourth-order valence-electron chi connectivity index (χ4n) is 10.2. The van der Waals surface area contributed by atoms with Crippen molar-refractivity contribution in [2.45, 2.75) is 366 Å². The van der Waals surface area contributed by atoms with Crippen LogP contribution in [0.25, 0.3) is 0 Å². The predicted molar refractivity (Wildman–Crippen MR) is 329 cm³/mol. The Hall–Kier alpha value is -2.18. The zero-order valence-electron chi connectivity index (χ0n) is 50.3. The molecule has 0 spiro atoms. The fraction of sp³-hybridized carbons (Fsp3) is 0.855. The molecule has 0 aromatic heterocycles. The molecule has 0 saturated heterocycles. The number of ether oxygens (including phenoxy) is 1. The average Bonchev–Trinajstić information content (AvgIpc) is 3.41. The van der Waals surface area contributed by atoms with Crippen molar-refractivity contribution in [2.75, 3.05) is 13.2 Å². The number of amides is 1. The van der Waals surface area contributed by atoms with E-state index in [2.05, 4.69) is 55.6 Å². The largest absolute Gasteiger partial charge is 0.466 e. The number of aliphatic hydroxyl groups excluding tert-OH is 2. The van der Waals surface area contributed by atoms with Gasteiger partial charge in [-0.15, -0.1) is 0 Å². The lowest BCUT2D eigenvalue weighted by atomic mass is 10.0. The number of allylic oxidation sites excluding steroid dienone is 7. The number of nitrogens with one attached hydrogen (secondary N) is 1. The number of unbranched alkanes of at least 4 members (excludes halogenated alkanes) is 45. The van der Waals surface area contributed by atoms with E-state index in [4.69, 9.17) is 4.74 Å². The molecule has 0 rings (SSSR count). The molecule has 0 heterocycles. The van der Waals surface area contributed by atoms with Gasteiger partial charge in [-0.1, -0.05) is 306 Å². The number of hydrogen-bond acceptors (Lipinski definition) is 5. The van der Waals surface area contributed by atoms with Crippen LogP contribution >= 0.6 is 0 Å². The third-order valence-electron chi connectivity index (χ3n) is 15.3. The highest BCUT2D eigenvalue weighted by Gasteiger charge is 2.18. The van der Waals surface area contributed by atoms with Gasteiger partial charge in [0, 0.05) is 12.8 Å². The van der Waals surface area contributed by atoms with Gasteiger partial charge in [0.1, 0.15) is 0 Å². The van der Waals surface area contributed by atoms with E-state index < -0.39 is 12.1 Å². The quantitative estimate of drug-likeness (QED) is 0.0320. The molecule has 0 aliphatic rings. The van der Waals surface area contributed by atoms with Crippen LogP contribution in [0.2, 0.25) is 0 Å². The normalized spacial score (nSPS) is 12.9. The maximum Gasteiger partial charge on any atom is 0.305 e. The van der Waals surface area contributed by atoms with Gasteiger partial charge in [0.15, 0.2) is 0 Å². The lowest BCUT2D eigenvalue weighted by molar-refractivity contribution is -0.143. The molecule has 0 bridgehead atoms. The Balaban J connectivity index is 3.44. The number of esters is 1. The molecular formula is C69H129NO5. The molecule has 3 N–H and O–H groups in total. The van der Waals surface area contributed by atoms with Gasteiger partial charge in [-0.2, -0.15) is 0 Å². The molecule has 0 aromatic rings. The monoisotopic (exact) mass is 1050 g/mol. The van der Waals surface area contributed by atoms with Crippen molar-refractivity contribution in [3.63, 3.8) is 0 Å². The smallest absolute Gasteiger partial charge is 0.305 e. The molecule has 0 aromatic carbocycles. The van der Waals surface area contributed by atoms with Crippen LogP contribution in [0, 0.1) is 0 Å². The summed E-state index contributed by atoms with van der Waals surface area (Å²) in [7, 11) is 0. The van der Waals surface area contributed by atoms with Crippen LogP contribution in [-0.4, -0.2) is 47.4 Å². The van der Waals surface area contributed by atoms with Crippen LogP contribution in [0.4, 0.5) is 0 Å². The lowest BCUT2D eigenvalue weighted by Gasteiger charge is -2.20. The molecule has 2 atom stereocenters. The van der Waals surface area contributed by atoms with Gasteiger partial charge < -0.3 is 20.3 Å². The zero-order valence-corrected chi connectivity index (χ0v) is 50.3. The van der Waals surface area contributed by atoms with E-state index in [0.29, 0.717) is 19.4 Å². The minimum atomic E-state index is -0.846. The molecule has 0 aliphatic carbocycles. The van der Waals surface area contributed by atoms with E-state index in [1.165, 1.54) is 276 Å². The molecule has 0 fully saturated rings. The first-order chi connectivity index (χ1) is 37.0. The molecule has 6 heteroatoms. The highest BCUT2D eigenvalue weighted by atomic mass is 16.5. The van der Waals surface area contributed by atoms with E-state index in [0.717, 1.165) is 51.4 Å². The Bertz CT molecular complexity index is 1260. The van der Waals surface area contributed by atoms with Crippen molar-refractivity contribution in [3.05, 3.63) is 48.6 Å². The van der Waals surface area contributed by atoms with E-state index in [1.54, 1.807) is 6.08 Å². The van der Waals surface area contributed by atoms with Crippen LogP contribution in [0.3, 0.4) is 0 Å². The number of carbonyl (C=O) groups excluding carboxylic acids is 2. The lowest BCUT2D eigenvalue weighted by Crippen LogP contribution is -2.45. The summed E-state index contributed by atoms with van der Waals surface area (Å²) < 4.78 is 5.46. The molecule has 0 radical (unpaired) electrons. The van der Waals surface area contributed by atoms with Crippen LogP contribution in [0.15, 0.2) is 48.6 Å². The van der Waals surface area contributed by atoms with E-state index >= 15 is 0 Å². The Morgan fingerprint density at radius 3 is 1.07 bits per heavy atom. The molecule has 440 valence electrons. The Morgan fingerprint density at radius 1 is 0.373 bits per heavy atom. The zero-order chi connectivity index (χ0) is 54.3. The Labute approximate surface area is 467 Å². The van der Waals surface area contributed by atoms with Crippen LogP contribution < -0.4 is 5.32 Å². The van der Waals surface area contributed by atoms with Gasteiger partial charge in [0.2, 0.25) is 5.91 Å². The van der Waals surface area contributed by atoms with Crippen molar-refractivity contribution in [2.24, 2.45) is 0 Å². The summed E-state index contributed by atoms with van der Waals surface area (Å²) >= 11 is 0. The van der Waals surface area contributed by atoms with Gasteiger partial charge in [-0.25, -0.2) is 0 Å². The second-order valence-corrected chi connectivity index (χ2v) is 22.8. The van der Waals surface area contributed by atoms with E-state index in [1.807, 2.05) is 6.08 Å². The van der Waals surface area contributed by atoms with Gasteiger partial charge in [-0.05, 0) is 83.5 Å². The number of rotatable bonds is 62. The van der Waals surface area contributed by atoms with Crippen molar-refractivity contribution < 1.29 is 24.5 Å². The van der Waals surface area contributed by atoms with Gasteiger partial charge in [0.25, 0.3) is 0 Å². The summed E-state index contributed by atoms with van der Waals surface area (Å²) in [5.41, 5.74) is 0. The van der Waals surface area contributed by atoms with Crippen LogP contribution in [0.5, 0.6) is 0 Å². The van der Waals surface area contributed by atoms with E-state index in [-0.39, 0.29) is 18.5 Å². The Kier molecular flexibility index (Phi) is 62.5. The van der Waals surface area contributed by atoms with E-state index in [9.17, 15) is 19.8 Å². The second kappa shape index (κ2) is 64.3. The summed E-state index contributed by atoms with van der Waals surface area (Å²) in [5.74, 6) is -0.0665. The minimum absolute atomic E-state index is 0.000380. The molecular weight excluding hydrogens is 923 g/mol. The maximum absolute atomic E-state index is 12.5. The molecule has 75 heavy (non-hydrogen) atoms. The highest BCUT2D eigenvalue weighted by molar-refractivity contribution is 5.76. The van der Waals surface area contributed by atoms with Crippen molar-refractivity contribution in [1.82, 2.24) is 5.32 Å². The standard InChI is InChI=1S/C69H129NO5/c1-3-5-7-9-11-13-15-16-17-18-32-35-38-42-45-49-53-57-61-67(72)66(65-71)70-68(73)62-58-54-50-46-43-39-36-33-30-28-26-24-22-20-19-21-23-25-27-29-31-34-37-40-44-48-52-56-60-64-75-69(74)63-59-55-51-47-41-14-12-10-8-6-4-2/h10,12,19,21,25,27,57,61,66-67,71-72H,3-9,11,13-18,20,22-24,26,28-56,58-60,62-65H2,1-2H3,(H,70,73)/b12-10-,21-19-,27-25-,61-57+. The number of hydrogen-bond donors (Lipinski definition) is 3. The van der Waals surface area contributed by atoms with Crippen LogP contribution in [-0.2, 0) is 14.3 Å². The minimum Gasteiger partial charge on any atom is -0.466 e. The first-order valence-electron chi connectivity index (χ1n) is 33.4. The topological polar surface area (TPSA) is 95.9 Å².